The fourth-order valence-corrected chi connectivity index (χ4v) is 8.18. The molecule has 1 N–H and O–H groups in total. The average Bonchev–Trinajstić information content (AvgIpc) is 3.29. The molecule has 56 heavy (non-hydrogen) atoms. The predicted molar refractivity (Wildman–Crippen MR) is 235 cm³/mol. The Balaban J connectivity index is 1.09. The van der Waals surface area contributed by atoms with Crippen molar-refractivity contribution in [3.05, 3.63) is 222 Å². The second-order valence-corrected chi connectivity index (χ2v) is 14.5. The number of amidine groups is 1. The summed E-state index contributed by atoms with van der Waals surface area (Å²) in [4.78, 5) is 10.7. The molecule has 10 rings (SSSR count). The molecule has 1 aromatic heterocycles. The Morgan fingerprint density at radius 1 is 0.536 bits per heavy atom. The minimum atomic E-state index is 0.0210. The van der Waals surface area contributed by atoms with Gasteiger partial charge in [0.15, 0.2) is 0 Å². The second kappa shape index (κ2) is 14.6. The quantitative estimate of drug-likeness (QED) is 0.167. The van der Waals surface area contributed by atoms with Crippen LogP contribution in [-0.2, 0) is 0 Å². The van der Waals surface area contributed by atoms with Gasteiger partial charge in [-0.3, -0.25) is 0 Å². The van der Waals surface area contributed by atoms with Crippen LogP contribution < -0.4 is 5.32 Å². The Morgan fingerprint density at radius 3 is 1.95 bits per heavy atom. The van der Waals surface area contributed by atoms with E-state index in [-0.39, 0.29) is 6.04 Å². The van der Waals surface area contributed by atoms with Crippen molar-refractivity contribution < 1.29 is 0 Å². The van der Waals surface area contributed by atoms with E-state index in [1.807, 2.05) is 0 Å². The van der Waals surface area contributed by atoms with E-state index in [4.69, 9.17) is 9.98 Å². The van der Waals surface area contributed by atoms with Crippen molar-refractivity contribution >= 4 is 38.8 Å². The van der Waals surface area contributed by atoms with E-state index < -0.39 is 0 Å². The molecule has 0 radical (unpaired) electrons. The molecule has 3 nitrogen and oxygen atoms in total. The van der Waals surface area contributed by atoms with Gasteiger partial charge in [-0.25, -0.2) is 9.98 Å². The third-order valence-corrected chi connectivity index (χ3v) is 11.0. The van der Waals surface area contributed by atoms with Gasteiger partial charge in [0.25, 0.3) is 0 Å². The fraction of sp³-hybridized carbons (Fsp3) is 0.0566. The molecule has 1 atom stereocenters. The fourth-order valence-electron chi connectivity index (χ4n) is 8.18. The van der Waals surface area contributed by atoms with Crippen LogP contribution in [0.1, 0.15) is 35.6 Å². The molecule has 8 aromatic rings. The van der Waals surface area contributed by atoms with E-state index in [2.05, 4.69) is 206 Å². The van der Waals surface area contributed by atoms with Gasteiger partial charge < -0.3 is 5.32 Å². The average molecular weight is 718 g/mol. The van der Waals surface area contributed by atoms with Gasteiger partial charge in [0.2, 0.25) is 0 Å². The summed E-state index contributed by atoms with van der Waals surface area (Å²) in [6, 6.07) is 64.7. The van der Waals surface area contributed by atoms with Gasteiger partial charge in [-0.1, -0.05) is 170 Å². The SMILES string of the molecule is C1=C(C2=NC(c3ccccc3)=CC(c3ccccc3)N2)CCC=C1c1cccc(-c2cc3ccccc3c3c(-c4ccccc4)cc(-c4ccccc4)nc23)c1. The van der Waals surface area contributed by atoms with Crippen LogP contribution in [0.15, 0.2) is 211 Å². The molecule has 1 aliphatic heterocycles. The normalized spacial score (nSPS) is 15.4. The zero-order chi connectivity index (χ0) is 37.3. The summed E-state index contributed by atoms with van der Waals surface area (Å²) >= 11 is 0. The lowest BCUT2D eigenvalue weighted by Gasteiger charge is -2.27. The molecular weight excluding hydrogens is 679 g/mol. The van der Waals surface area contributed by atoms with Crippen LogP contribution in [0.2, 0.25) is 0 Å². The molecule has 2 heterocycles. The minimum absolute atomic E-state index is 0.0210. The van der Waals surface area contributed by atoms with Crippen molar-refractivity contribution in [1.82, 2.24) is 10.3 Å². The number of aromatic nitrogens is 1. The molecule has 0 amide bonds. The van der Waals surface area contributed by atoms with Crippen LogP contribution in [0.4, 0.5) is 0 Å². The highest BCUT2D eigenvalue weighted by atomic mass is 15.0. The first-order valence-corrected chi connectivity index (χ1v) is 19.4. The van der Waals surface area contributed by atoms with Gasteiger partial charge in [-0.15, -0.1) is 0 Å². The largest absolute Gasteiger partial charge is 0.359 e. The van der Waals surface area contributed by atoms with E-state index in [1.165, 1.54) is 49.6 Å². The second-order valence-electron chi connectivity index (χ2n) is 14.5. The predicted octanol–water partition coefficient (Wildman–Crippen LogP) is 13.3. The number of benzene rings is 7. The summed E-state index contributed by atoms with van der Waals surface area (Å²) in [5.74, 6) is 0.938. The maximum atomic E-state index is 5.48. The number of fused-ring (bicyclic) bond motifs is 3. The van der Waals surface area contributed by atoms with Crippen molar-refractivity contribution in [2.45, 2.75) is 18.9 Å². The molecule has 1 unspecified atom stereocenters. The Bertz CT molecular complexity index is 2850. The van der Waals surface area contributed by atoms with Gasteiger partial charge in [0, 0.05) is 16.5 Å². The van der Waals surface area contributed by atoms with Crippen molar-refractivity contribution in [1.29, 1.82) is 0 Å². The molecule has 0 spiro atoms. The highest BCUT2D eigenvalue weighted by molar-refractivity contribution is 6.18. The Kier molecular flexibility index (Phi) is 8.74. The number of hydrogen-bond acceptors (Lipinski definition) is 3. The van der Waals surface area contributed by atoms with Crippen LogP contribution >= 0.6 is 0 Å². The summed E-state index contributed by atoms with van der Waals surface area (Å²) in [6.45, 7) is 0. The number of allylic oxidation sites excluding steroid dienone is 3. The molecule has 266 valence electrons. The minimum Gasteiger partial charge on any atom is -0.359 e. The van der Waals surface area contributed by atoms with Crippen molar-refractivity contribution in [2.24, 2.45) is 4.99 Å². The molecule has 3 heteroatoms. The first kappa shape index (κ1) is 33.5. The van der Waals surface area contributed by atoms with Crippen molar-refractivity contribution in [3.63, 3.8) is 0 Å². The molecular formula is C53H39N3. The van der Waals surface area contributed by atoms with Crippen LogP contribution in [0, 0.1) is 0 Å². The molecule has 0 fully saturated rings. The number of hydrogen-bond donors (Lipinski definition) is 1. The Morgan fingerprint density at radius 2 is 1.18 bits per heavy atom. The van der Waals surface area contributed by atoms with Crippen LogP contribution in [0.5, 0.6) is 0 Å². The van der Waals surface area contributed by atoms with E-state index in [0.29, 0.717) is 0 Å². The van der Waals surface area contributed by atoms with E-state index >= 15 is 0 Å². The zero-order valence-electron chi connectivity index (χ0n) is 30.9. The molecule has 0 bridgehead atoms. The highest BCUT2D eigenvalue weighted by Crippen LogP contribution is 2.42. The number of aliphatic imine (C=N–C) groups is 1. The first-order chi connectivity index (χ1) is 27.7. The summed E-state index contributed by atoms with van der Waals surface area (Å²) in [5, 5.41) is 7.36. The highest BCUT2D eigenvalue weighted by Gasteiger charge is 2.23. The van der Waals surface area contributed by atoms with Crippen LogP contribution in [0.3, 0.4) is 0 Å². The lowest BCUT2D eigenvalue weighted by atomic mass is 9.88. The van der Waals surface area contributed by atoms with Crippen molar-refractivity contribution in [2.75, 3.05) is 0 Å². The van der Waals surface area contributed by atoms with Crippen molar-refractivity contribution in [3.8, 4) is 33.5 Å². The lowest BCUT2D eigenvalue weighted by molar-refractivity contribution is 0.773. The lowest BCUT2D eigenvalue weighted by Crippen LogP contribution is -2.32. The first-order valence-electron chi connectivity index (χ1n) is 19.4. The van der Waals surface area contributed by atoms with Gasteiger partial charge in [0.05, 0.1) is 22.9 Å². The molecule has 1 aliphatic carbocycles. The third-order valence-electron chi connectivity index (χ3n) is 11.0. The molecule has 2 aliphatic rings. The smallest absolute Gasteiger partial charge is 0.130 e. The Labute approximate surface area is 327 Å². The standard InChI is InChI=1S/C53H39N3/c1-5-17-36(18-6-1)46-34-48(37-19-7-2-8-20-37)54-52-47(33-43-25-13-14-30-45(43)51(46)52)42-28-15-26-40(31-42)41-27-16-29-44(32-41)53-55-49(38-21-9-3-10-22-38)35-50(56-53)39-23-11-4-12-24-39/h1-15,17-28,30-35,49H,16,29H2,(H,55,56). The summed E-state index contributed by atoms with van der Waals surface area (Å²) in [5.41, 5.74) is 14.6. The van der Waals surface area contributed by atoms with Gasteiger partial charge in [-0.05, 0) is 98.5 Å². The monoisotopic (exact) mass is 717 g/mol. The number of nitrogens with zero attached hydrogens (tertiary/aromatic N) is 2. The third kappa shape index (κ3) is 6.44. The van der Waals surface area contributed by atoms with E-state index in [0.717, 1.165) is 57.8 Å². The van der Waals surface area contributed by atoms with Gasteiger partial charge in [-0.2, -0.15) is 0 Å². The van der Waals surface area contributed by atoms with E-state index in [9.17, 15) is 0 Å². The van der Waals surface area contributed by atoms with E-state index in [1.54, 1.807) is 0 Å². The number of rotatable bonds is 7. The summed E-state index contributed by atoms with van der Waals surface area (Å²) < 4.78 is 0. The summed E-state index contributed by atoms with van der Waals surface area (Å²) in [6.07, 6.45) is 8.80. The Hall–Kier alpha value is -7.10. The maximum Gasteiger partial charge on any atom is 0.130 e. The summed E-state index contributed by atoms with van der Waals surface area (Å²) in [7, 11) is 0. The molecule has 0 saturated heterocycles. The molecule has 7 aromatic carbocycles. The van der Waals surface area contributed by atoms with Crippen LogP contribution in [0.25, 0.3) is 66.5 Å². The maximum absolute atomic E-state index is 5.48. The van der Waals surface area contributed by atoms with Crippen LogP contribution in [-0.4, -0.2) is 10.8 Å². The topological polar surface area (TPSA) is 37.3 Å². The van der Waals surface area contributed by atoms with Gasteiger partial charge >= 0.3 is 0 Å². The van der Waals surface area contributed by atoms with Gasteiger partial charge in [0.1, 0.15) is 5.84 Å². The number of pyridine rings is 1. The molecule has 0 saturated carbocycles. The number of nitrogens with one attached hydrogen (secondary N) is 1. The zero-order valence-corrected chi connectivity index (χ0v) is 30.9.